The number of allylic oxidation sites excluding steroid dienone is 1. The maximum absolute atomic E-state index is 12.7. The number of carbonyl (C=O) groups excluding carboxylic acids is 2. The van der Waals surface area contributed by atoms with Crippen molar-refractivity contribution < 1.29 is 14.3 Å². The van der Waals surface area contributed by atoms with Crippen molar-refractivity contribution in [3.63, 3.8) is 0 Å². The molecule has 0 spiro atoms. The topological polar surface area (TPSA) is 82.4 Å². The quantitative estimate of drug-likeness (QED) is 0.698. The molecule has 156 valence electrons. The van der Waals surface area contributed by atoms with E-state index in [-0.39, 0.29) is 42.0 Å². The van der Waals surface area contributed by atoms with Gasteiger partial charge in [0.1, 0.15) is 5.75 Å². The fourth-order valence-electron chi connectivity index (χ4n) is 3.56. The summed E-state index contributed by atoms with van der Waals surface area (Å²) in [6, 6.07) is 9.89. The zero-order valence-electron chi connectivity index (χ0n) is 17.7. The summed E-state index contributed by atoms with van der Waals surface area (Å²) in [6.45, 7) is 10.4. The van der Waals surface area contributed by atoms with E-state index in [9.17, 15) is 14.9 Å². The number of hydrogen-bond acceptors (Lipinski definition) is 5. The van der Waals surface area contributed by atoms with E-state index >= 15 is 0 Å². The van der Waals surface area contributed by atoms with E-state index in [4.69, 9.17) is 4.74 Å². The van der Waals surface area contributed by atoms with E-state index in [0.717, 1.165) is 11.3 Å². The Morgan fingerprint density at radius 1 is 1.28 bits per heavy atom. The summed E-state index contributed by atoms with van der Waals surface area (Å²) in [6.07, 6.45) is 0.207. The number of thioether (sulfide) groups is 1. The molecule has 0 aliphatic carbocycles. The minimum Gasteiger partial charge on any atom is -0.494 e. The number of ether oxygens (including phenoxy) is 1. The number of carbonyl (C=O) groups is 2. The Bertz CT molecular complexity index is 802. The monoisotopic (exact) mass is 415 g/mol. The predicted octanol–water partition coefficient (Wildman–Crippen LogP) is 3.80. The van der Waals surface area contributed by atoms with E-state index in [1.165, 1.54) is 11.8 Å². The van der Waals surface area contributed by atoms with Gasteiger partial charge in [-0.2, -0.15) is 5.26 Å². The van der Waals surface area contributed by atoms with Crippen molar-refractivity contribution in [1.29, 1.82) is 5.26 Å². The number of benzene rings is 1. The second kappa shape index (κ2) is 10.4. The van der Waals surface area contributed by atoms with Crippen molar-refractivity contribution in [2.45, 2.75) is 59.0 Å². The highest BCUT2D eigenvalue weighted by atomic mass is 32.2. The van der Waals surface area contributed by atoms with Gasteiger partial charge in [0.05, 0.1) is 29.0 Å². The molecular weight excluding hydrogens is 386 g/mol. The first-order chi connectivity index (χ1) is 13.8. The van der Waals surface area contributed by atoms with Crippen molar-refractivity contribution >= 4 is 23.6 Å². The first-order valence-electron chi connectivity index (χ1n) is 9.89. The van der Waals surface area contributed by atoms with E-state index in [1.807, 2.05) is 63.8 Å². The molecule has 7 heteroatoms. The molecule has 1 N–H and O–H groups in total. The molecule has 0 fully saturated rings. The van der Waals surface area contributed by atoms with E-state index in [2.05, 4.69) is 11.4 Å². The van der Waals surface area contributed by atoms with Gasteiger partial charge >= 0.3 is 0 Å². The molecule has 2 rings (SSSR count). The molecule has 0 aromatic heterocycles. The summed E-state index contributed by atoms with van der Waals surface area (Å²) in [4.78, 5) is 26.8. The summed E-state index contributed by atoms with van der Waals surface area (Å²) in [5, 5.41) is 13.0. The van der Waals surface area contributed by atoms with Crippen LogP contribution in [0.25, 0.3) is 0 Å². The van der Waals surface area contributed by atoms with Gasteiger partial charge in [-0.05, 0) is 52.3 Å². The number of nitrogens with zero attached hydrogens (tertiary/aromatic N) is 2. The molecule has 1 aromatic carbocycles. The van der Waals surface area contributed by atoms with Crippen molar-refractivity contribution in [3.8, 4) is 11.8 Å². The maximum Gasteiger partial charge on any atom is 0.233 e. The minimum atomic E-state index is -0.326. The highest BCUT2D eigenvalue weighted by Crippen LogP contribution is 2.36. The highest BCUT2D eigenvalue weighted by molar-refractivity contribution is 8.03. The van der Waals surface area contributed by atoms with Crippen molar-refractivity contribution in [1.82, 2.24) is 10.2 Å². The van der Waals surface area contributed by atoms with Gasteiger partial charge in [0.25, 0.3) is 0 Å². The standard InChI is InChI=1S/C22H29N3O3S/c1-6-28-17-9-7-16(8-10-17)18-11-20(26)24-22(19(18)12-23)29-13-21(27)25(14(2)3)15(4)5/h7-10,14-15,18H,6,11,13H2,1-5H3,(H,24,26)/t18-/m0/s1. The molecule has 0 radical (unpaired) electrons. The summed E-state index contributed by atoms with van der Waals surface area (Å²) in [5.41, 5.74) is 1.38. The van der Waals surface area contributed by atoms with Crippen molar-refractivity contribution in [2.75, 3.05) is 12.4 Å². The summed E-state index contributed by atoms with van der Waals surface area (Å²) >= 11 is 1.22. The largest absolute Gasteiger partial charge is 0.494 e. The number of nitriles is 1. The van der Waals surface area contributed by atoms with Crippen LogP contribution in [0, 0.1) is 11.3 Å². The normalized spacial score (nSPS) is 16.6. The van der Waals surface area contributed by atoms with Crippen molar-refractivity contribution in [2.24, 2.45) is 0 Å². The number of amides is 2. The molecule has 6 nitrogen and oxygen atoms in total. The summed E-state index contributed by atoms with van der Waals surface area (Å²) in [7, 11) is 0. The first kappa shape index (κ1) is 22.8. The van der Waals surface area contributed by atoms with Crippen LogP contribution in [0.1, 0.15) is 52.5 Å². The van der Waals surface area contributed by atoms with Crippen LogP contribution in [0.4, 0.5) is 0 Å². The Kier molecular flexibility index (Phi) is 8.15. The predicted molar refractivity (Wildman–Crippen MR) is 115 cm³/mol. The Morgan fingerprint density at radius 3 is 2.41 bits per heavy atom. The fraction of sp³-hybridized carbons (Fsp3) is 0.500. The number of nitrogens with one attached hydrogen (secondary N) is 1. The second-order valence-electron chi connectivity index (χ2n) is 7.44. The van der Waals surface area contributed by atoms with Gasteiger partial charge in [-0.15, -0.1) is 0 Å². The van der Waals surface area contributed by atoms with Crippen LogP contribution < -0.4 is 10.1 Å². The van der Waals surface area contributed by atoms with Gasteiger partial charge in [0.2, 0.25) is 11.8 Å². The van der Waals surface area contributed by atoms with Crippen LogP contribution in [0.15, 0.2) is 34.9 Å². The molecule has 0 bridgehead atoms. The lowest BCUT2D eigenvalue weighted by atomic mass is 9.87. The zero-order valence-corrected chi connectivity index (χ0v) is 18.5. The SMILES string of the molecule is CCOc1ccc([C@@H]2CC(=O)NC(SCC(=O)N(C(C)C)C(C)C)=C2C#N)cc1. The molecule has 1 atom stereocenters. The lowest BCUT2D eigenvalue weighted by molar-refractivity contribution is -0.131. The van der Waals surface area contributed by atoms with E-state index in [0.29, 0.717) is 17.2 Å². The van der Waals surface area contributed by atoms with Gasteiger partial charge in [0, 0.05) is 24.4 Å². The van der Waals surface area contributed by atoms with E-state index < -0.39 is 0 Å². The minimum absolute atomic E-state index is 0.0118. The lowest BCUT2D eigenvalue weighted by Crippen LogP contribution is -2.43. The third-order valence-electron chi connectivity index (χ3n) is 4.69. The van der Waals surface area contributed by atoms with Gasteiger partial charge in [-0.3, -0.25) is 9.59 Å². The molecule has 0 unspecified atom stereocenters. The highest BCUT2D eigenvalue weighted by Gasteiger charge is 2.30. The summed E-state index contributed by atoms with van der Waals surface area (Å²) < 4.78 is 5.47. The van der Waals surface area contributed by atoms with Crippen LogP contribution in [0.2, 0.25) is 0 Å². The fourth-order valence-corrected chi connectivity index (χ4v) is 4.51. The average Bonchev–Trinajstić information content (AvgIpc) is 2.66. The number of rotatable bonds is 8. The smallest absolute Gasteiger partial charge is 0.233 e. The lowest BCUT2D eigenvalue weighted by Gasteiger charge is -2.31. The van der Waals surface area contributed by atoms with Gasteiger partial charge in [-0.1, -0.05) is 23.9 Å². The molecule has 0 saturated heterocycles. The van der Waals surface area contributed by atoms with Crippen molar-refractivity contribution in [3.05, 3.63) is 40.4 Å². The summed E-state index contributed by atoms with van der Waals surface area (Å²) in [5.74, 6) is 0.437. The molecule has 1 aliphatic heterocycles. The Hall–Kier alpha value is -2.46. The van der Waals surface area contributed by atoms with Gasteiger partial charge in [-0.25, -0.2) is 0 Å². The van der Waals surface area contributed by atoms with E-state index in [1.54, 1.807) is 0 Å². The average molecular weight is 416 g/mol. The molecule has 2 amide bonds. The van der Waals surface area contributed by atoms with Crippen LogP contribution in [0.3, 0.4) is 0 Å². The maximum atomic E-state index is 12.7. The van der Waals surface area contributed by atoms with Crippen LogP contribution in [-0.2, 0) is 9.59 Å². The Morgan fingerprint density at radius 2 is 1.90 bits per heavy atom. The molecule has 0 saturated carbocycles. The first-order valence-corrected chi connectivity index (χ1v) is 10.9. The molecular formula is C22H29N3O3S. The van der Waals surface area contributed by atoms with Gasteiger partial charge < -0.3 is 15.0 Å². The third kappa shape index (κ3) is 5.77. The number of hydrogen-bond donors (Lipinski definition) is 1. The van der Waals surface area contributed by atoms with Crippen LogP contribution in [-0.4, -0.2) is 41.2 Å². The molecule has 1 aromatic rings. The van der Waals surface area contributed by atoms with Gasteiger partial charge in [0.15, 0.2) is 0 Å². The molecule has 29 heavy (non-hydrogen) atoms. The Labute approximate surface area is 177 Å². The molecule has 1 heterocycles. The van der Waals surface area contributed by atoms with Crippen LogP contribution in [0.5, 0.6) is 5.75 Å². The second-order valence-corrected chi connectivity index (χ2v) is 8.42. The van der Waals surface area contributed by atoms with Crippen LogP contribution >= 0.6 is 11.8 Å². The molecule has 1 aliphatic rings. The Balaban J connectivity index is 2.23. The third-order valence-corrected chi connectivity index (χ3v) is 5.69. The zero-order chi connectivity index (χ0) is 21.6.